The van der Waals surface area contributed by atoms with Crippen LogP contribution in [0.25, 0.3) is 39.0 Å². The summed E-state index contributed by atoms with van der Waals surface area (Å²) in [7, 11) is 0. The topological polar surface area (TPSA) is 58.9 Å². The van der Waals surface area contributed by atoms with Gasteiger partial charge in [-0.1, -0.05) is 82.3 Å². The predicted molar refractivity (Wildman–Crippen MR) is 275 cm³/mol. The summed E-state index contributed by atoms with van der Waals surface area (Å²) in [6.45, 7) is 16.5. The van der Waals surface area contributed by atoms with Gasteiger partial charge in [0.1, 0.15) is 23.0 Å². The molecule has 0 heterocycles. The summed E-state index contributed by atoms with van der Waals surface area (Å²) < 4.78 is 13.7. The Bertz CT molecular complexity index is 2650. The van der Waals surface area contributed by atoms with E-state index in [0.29, 0.717) is 24.7 Å². The van der Waals surface area contributed by atoms with Gasteiger partial charge in [-0.05, 0) is 220 Å². The fraction of sp³-hybridized carbons (Fsp3) is 0.419. The normalized spacial score (nSPS) is 19.2. The molecule has 1 fully saturated rings. The SMILES string of the molecule is C=C1CCCCC/C=C2/CCCC/C2=C/1c1cc(C)cc(-c2ccccc2OCC(COc2ccccc2-c2cc(C)cc(-c3c4c(cc5c3CCCC5)CCCC4)c2O)C(C)(C)C)c1O. The Balaban J connectivity index is 1.01. The number of hydrogen-bond donors (Lipinski definition) is 2. The van der Waals surface area contributed by atoms with Crippen LogP contribution in [0.5, 0.6) is 23.0 Å². The predicted octanol–water partition coefficient (Wildman–Crippen LogP) is 16.4. The van der Waals surface area contributed by atoms with Crippen molar-refractivity contribution in [1.29, 1.82) is 0 Å². The van der Waals surface area contributed by atoms with Crippen LogP contribution in [0, 0.1) is 25.2 Å². The molecule has 5 aromatic carbocycles. The molecule has 2 N–H and O–H groups in total. The molecule has 0 bridgehead atoms. The molecule has 0 saturated heterocycles. The molecule has 0 aromatic heterocycles. The highest BCUT2D eigenvalue weighted by atomic mass is 16.5. The molecule has 4 heteroatoms. The molecule has 0 amide bonds. The molecule has 344 valence electrons. The van der Waals surface area contributed by atoms with Crippen LogP contribution in [0.15, 0.2) is 108 Å². The summed E-state index contributed by atoms with van der Waals surface area (Å²) >= 11 is 0. The highest BCUT2D eigenvalue weighted by molar-refractivity contribution is 5.91. The van der Waals surface area contributed by atoms with Gasteiger partial charge >= 0.3 is 0 Å². The van der Waals surface area contributed by atoms with Crippen molar-refractivity contribution in [3.8, 4) is 56.4 Å². The number of benzene rings is 5. The van der Waals surface area contributed by atoms with Gasteiger partial charge < -0.3 is 19.7 Å². The first kappa shape index (κ1) is 45.7. The van der Waals surface area contributed by atoms with E-state index in [0.717, 1.165) is 131 Å². The smallest absolute Gasteiger partial charge is 0.131 e. The van der Waals surface area contributed by atoms with Gasteiger partial charge in [-0.3, -0.25) is 0 Å². The summed E-state index contributed by atoms with van der Waals surface area (Å²) in [4.78, 5) is 0. The minimum absolute atomic E-state index is 0.0130. The van der Waals surface area contributed by atoms with Crippen molar-refractivity contribution in [3.05, 3.63) is 147 Å². The number of aromatic hydroxyl groups is 2. The highest BCUT2D eigenvalue weighted by Gasteiger charge is 2.30. The highest BCUT2D eigenvalue weighted by Crippen LogP contribution is 2.50. The lowest BCUT2D eigenvalue weighted by atomic mass is 9.76. The Hall–Kier alpha value is -5.48. The van der Waals surface area contributed by atoms with Crippen LogP contribution in [0.4, 0.5) is 0 Å². The third kappa shape index (κ3) is 9.53. The molecule has 1 saturated carbocycles. The molecule has 4 aliphatic rings. The number of allylic oxidation sites excluding steroid dienone is 5. The first-order chi connectivity index (χ1) is 32.0. The van der Waals surface area contributed by atoms with Gasteiger partial charge in [-0.2, -0.15) is 0 Å². The van der Waals surface area contributed by atoms with Crippen LogP contribution < -0.4 is 9.47 Å². The summed E-state index contributed by atoms with van der Waals surface area (Å²) in [6, 6.07) is 27.4. The van der Waals surface area contributed by atoms with Gasteiger partial charge in [0.2, 0.25) is 0 Å². The van der Waals surface area contributed by atoms with E-state index in [-0.39, 0.29) is 11.3 Å². The van der Waals surface area contributed by atoms with Crippen molar-refractivity contribution in [2.75, 3.05) is 13.2 Å². The van der Waals surface area contributed by atoms with Crippen molar-refractivity contribution in [2.24, 2.45) is 11.3 Å². The van der Waals surface area contributed by atoms with Gasteiger partial charge in [0.15, 0.2) is 0 Å². The Morgan fingerprint density at radius 2 is 1.05 bits per heavy atom. The largest absolute Gasteiger partial charge is 0.507 e. The number of rotatable bonds is 10. The lowest BCUT2D eigenvalue weighted by Gasteiger charge is -2.31. The zero-order valence-electron chi connectivity index (χ0n) is 40.5. The van der Waals surface area contributed by atoms with E-state index in [1.54, 1.807) is 0 Å². The van der Waals surface area contributed by atoms with E-state index in [1.165, 1.54) is 83.9 Å². The fourth-order valence-corrected chi connectivity index (χ4v) is 11.4. The summed E-state index contributed by atoms with van der Waals surface area (Å²) in [6.07, 6.45) is 21.8. The summed E-state index contributed by atoms with van der Waals surface area (Å²) in [5.74, 6) is 2.14. The second-order valence-corrected chi connectivity index (χ2v) is 21.0. The third-order valence-electron chi connectivity index (χ3n) is 15.2. The zero-order valence-corrected chi connectivity index (χ0v) is 40.5. The minimum atomic E-state index is -0.151. The maximum Gasteiger partial charge on any atom is 0.131 e. The van der Waals surface area contributed by atoms with Crippen molar-refractivity contribution >= 4 is 5.57 Å². The van der Waals surface area contributed by atoms with E-state index >= 15 is 0 Å². The van der Waals surface area contributed by atoms with Gasteiger partial charge in [0.25, 0.3) is 0 Å². The lowest BCUT2D eigenvalue weighted by Crippen LogP contribution is -2.32. The maximum absolute atomic E-state index is 12.4. The van der Waals surface area contributed by atoms with Gasteiger partial charge in [0, 0.05) is 39.3 Å². The molecule has 1 unspecified atom stereocenters. The minimum Gasteiger partial charge on any atom is -0.507 e. The lowest BCUT2D eigenvalue weighted by molar-refractivity contribution is 0.0926. The van der Waals surface area contributed by atoms with E-state index in [1.807, 2.05) is 36.4 Å². The standard InChI is InChI=1S/C62H72O4/c1-40-33-52(60(63)54(35-40)58-42(3)21-9-7-8-10-22-43-23-11-14-26-47(43)58)50-29-17-19-31-56(50)65-38-46(62(4,5)6)39-66-57-32-20-18-30-51(57)53-34-41(2)36-55(61(53)64)59-48-27-15-12-24-44(48)37-45-25-13-16-28-49(45)59/h17-20,22,29-37,46,63-64H,3,7-16,21,23-28,38-39H2,1-2,4-6H3/b43-22-,58-47+. The average molecular weight is 881 g/mol. The van der Waals surface area contributed by atoms with E-state index < -0.39 is 0 Å². The van der Waals surface area contributed by atoms with Crippen molar-refractivity contribution in [2.45, 2.75) is 144 Å². The van der Waals surface area contributed by atoms with Crippen LogP contribution in [0.1, 0.15) is 143 Å². The molecule has 0 spiro atoms. The first-order valence-corrected chi connectivity index (χ1v) is 25.4. The monoisotopic (exact) mass is 881 g/mol. The second kappa shape index (κ2) is 19.8. The van der Waals surface area contributed by atoms with Crippen molar-refractivity contribution in [3.63, 3.8) is 0 Å². The number of phenols is 2. The van der Waals surface area contributed by atoms with Crippen LogP contribution in [-0.4, -0.2) is 23.4 Å². The molecule has 1 atom stereocenters. The zero-order chi connectivity index (χ0) is 46.0. The molecule has 66 heavy (non-hydrogen) atoms. The molecule has 0 aliphatic heterocycles. The number of ether oxygens (including phenoxy) is 2. The Kier molecular flexibility index (Phi) is 13.7. The van der Waals surface area contributed by atoms with Gasteiger partial charge in [-0.25, -0.2) is 0 Å². The third-order valence-corrected chi connectivity index (χ3v) is 15.2. The first-order valence-electron chi connectivity index (χ1n) is 25.4. The summed E-state index contributed by atoms with van der Waals surface area (Å²) in [5, 5.41) is 24.8. The Morgan fingerprint density at radius 1 is 0.545 bits per heavy atom. The fourth-order valence-electron chi connectivity index (χ4n) is 11.4. The average Bonchev–Trinajstić information content (AvgIpc) is 3.31. The van der Waals surface area contributed by atoms with Crippen LogP contribution in [-0.2, 0) is 25.7 Å². The van der Waals surface area contributed by atoms with E-state index in [9.17, 15) is 10.2 Å². The number of phenolic OH excluding ortho intramolecular Hbond substituents is 2. The molecule has 9 rings (SSSR count). The molecular formula is C62H72O4. The number of hydrogen-bond acceptors (Lipinski definition) is 4. The molecule has 0 radical (unpaired) electrons. The van der Waals surface area contributed by atoms with Gasteiger partial charge in [-0.15, -0.1) is 0 Å². The second-order valence-electron chi connectivity index (χ2n) is 21.0. The Morgan fingerprint density at radius 3 is 1.65 bits per heavy atom. The van der Waals surface area contributed by atoms with Crippen LogP contribution in [0.3, 0.4) is 0 Å². The number of para-hydroxylation sites is 2. The summed E-state index contributed by atoms with van der Waals surface area (Å²) in [5.41, 5.74) is 19.6. The quantitative estimate of drug-likeness (QED) is 0.147. The van der Waals surface area contributed by atoms with E-state index in [2.05, 4.69) is 89.7 Å². The van der Waals surface area contributed by atoms with Crippen LogP contribution in [0.2, 0.25) is 0 Å². The van der Waals surface area contributed by atoms with Gasteiger partial charge in [0.05, 0.1) is 13.2 Å². The molecular weight excluding hydrogens is 809 g/mol. The molecule has 5 aromatic rings. The number of aryl methyl sites for hydroxylation is 4. The Labute approximate surface area is 395 Å². The molecule has 4 nitrogen and oxygen atoms in total. The van der Waals surface area contributed by atoms with E-state index in [4.69, 9.17) is 9.47 Å². The van der Waals surface area contributed by atoms with Crippen LogP contribution >= 0.6 is 0 Å². The number of fused-ring (bicyclic) bond motifs is 3. The molecule has 4 aliphatic carbocycles. The van der Waals surface area contributed by atoms with Crippen molar-refractivity contribution in [1.82, 2.24) is 0 Å². The maximum atomic E-state index is 12.4. The van der Waals surface area contributed by atoms with Crippen molar-refractivity contribution < 1.29 is 19.7 Å².